The van der Waals surface area contributed by atoms with Crippen LogP contribution < -0.4 is 5.73 Å². The van der Waals surface area contributed by atoms with Gasteiger partial charge in [-0.25, -0.2) is 4.39 Å². The molecule has 104 valence electrons. The summed E-state index contributed by atoms with van der Waals surface area (Å²) in [6.45, 7) is 0.849. The molecule has 0 amide bonds. The smallest absolute Gasteiger partial charge is 0.123 e. The van der Waals surface area contributed by atoms with Crippen LogP contribution in [0.2, 0.25) is 0 Å². The Morgan fingerprint density at radius 3 is 2.68 bits per heavy atom. The van der Waals surface area contributed by atoms with E-state index in [9.17, 15) is 4.39 Å². The van der Waals surface area contributed by atoms with Crippen molar-refractivity contribution in [3.05, 3.63) is 35.6 Å². The van der Waals surface area contributed by atoms with Gasteiger partial charge >= 0.3 is 0 Å². The molecule has 1 aromatic rings. The highest BCUT2D eigenvalue weighted by molar-refractivity contribution is 5.17. The van der Waals surface area contributed by atoms with Crippen LogP contribution in [0.1, 0.15) is 37.7 Å². The second-order valence-corrected chi connectivity index (χ2v) is 6.13. The van der Waals surface area contributed by atoms with Crippen LogP contribution in [0.25, 0.3) is 0 Å². The zero-order chi connectivity index (χ0) is 13.3. The highest BCUT2D eigenvalue weighted by Crippen LogP contribution is 2.44. The van der Waals surface area contributed by atoms with Gasteiger partial charge in [-0.05, 0) is 62.1 Å². The fraction of sp³-hybridized carbons (Fsp3) is 0.625. The molecule has 0 bridgehead atoms. The largest absolute Gasteiger partial charge is 0.375 e. The van der Waals surface area contributed by atoms with Crippen molar-refractivity contribution in [3.8, 4) is 0 Å². The van der Waals surface area contributed by atoms with E-state index >= 15 is 0 Å². The first kappa shape index (κ1) is 13.1. The lowest BCUT2D eigenvalue weighted by Crippen LogP contribution is -2.49. The van der Waals surface area contributed by atoms with Gasteiger partial charge in [0.1, 0.15) is 5.82 Å². The van der Waals surface area contributed by atoms with Gasteiger partial charge in [-0.1, -0.05) is 12.1 Å². The zero-order valence-electron chi connectivity index (χ0n) is 11.3. The Hall–Kier alpha value is -0.930. The minimum absolute atomic E-state index is 0.156. The van der Waals surface area contributed by atoms with Gasteiger partial charge in [-0.15, -0.1) is 0 Å². The van der Waals surface area contributed by atoms with Gasteiger partial charge in [-0.2, -0.15) is 0 Å². The highest BCUT2D eigenvalue weighted by atomic mass is 19.1. The Labute approximate surface area is 114 Å². The number of nitrogens with two attached hydrogens (primary N) is 1. The Morgan fingerprint density at radius 1 is 1.32 bits per heavy atom. The quantitative estimate of drug-likeness (QED) is 0.909. The van der Waals surface area contributed by atoms with Gasteiger partial charge in [0.2, 0.25) is 0 Å². The van der Waals surface area contributed by atoms with Crippen LogP contribution in [0.3, 0.4) is 0 Å². The lowest BCUT2D eigenvalue weighted by molar-refractivity contribution is -0.145. The van der Waals surface area contributed by atoms with Crippen LogP contribution in [0.4, 0.5) is 4.39 Å². The van der Waals surface area contributed by atoms with Crippen molar-refractivity contribution < 1.29 is 9.13 Å². The average molecular weight is 263 g/mol. The number of benzene rings is 1. The molecule has 19 heavy (non-hydrogen) atoms. The molecule has 1 heterocycles. The first-order valence-electron chi connectivity index (χ1n) is 7.31. The Morgan fingerprint density at radius 2 is 2.05 bits per heavy atom. The van der Waals surface area contributed by atoms with Crippen LogP contribution in [0.5, 0.6) is 0 Å². The summed E-state index contributed by atoms with van der Waals surface area (Å²) in [6.07, 6.45) is 6.69. The molecule has 1 saturated carbocycles. The normalized spacial score (nSPS) is 26.9. The molecular formula is C16H22FNO. The summed E-state index contributed by atoms with van der Waals surface area (Å²) in [7, 11) is 0. The number of ether oxygens (including phenoxy) is 1. The molecular weight excluding hydrogens is 241 g/mol. The average Bonchev–Trinajstić information content (AvgIpc) is 2.40. The Bertz CT molecular complexity index is 427. The van der Waals surface area contributed by atoms with Gasteiger partial charge in [-0.3, -0.25) is 0 Å². The predicted octanol–water partition coefficient (Wildman–Crippen LogP) is 3.04. The third kappa shape index (κ3) is 2.82. The van der Waals surface area contributed by atoms with Crippen molar-refractivity contribution >= 4 is 0 Å². The van der Waals surface area contributed by atoms with Gasteiger partial charge in [0.05, 0.1) is 5.60 Å². The summed E-state index contributed by atoms with van der Waals surface area (Å²) in [5, 5.41) is 0. The van der Waals surface area contributed by atoms with Crippen molar-refractivity contribution in [1.82, 2.24) is 0 Å². The molecule has 3 heteroatoms. The van der Waals surface area contributed by atoms with Gasteiger partial charge in [0.25, 0.3) is 0 Å². The third-order valence-electron chi connectivity index (χ3n) is 4.79. The zero-order valence-corrected chi connectivity index (χ0v) is 11.3. The summed E-state index contributed by atoms with van der Waals surface area (Å²) in [6, 6.07) is 6.87. The molecule has 1 aliphatic heterocycles. The van der Waals surface area contributed by atoms with E-state index in [2.05, 4.69) is 0 Å². The van der Waals surface area contributed by atoms with Crippen LogP contribution in [-0.4, -0.2) is 18.2 Å². The van der Waals surface area contributed by atoms with E-state index in [1.807, 2.05) is 12.1 Å². The molecule has 1 aromatic carbocycles. The summed E-state index contributed by atoms with van der Waals surface area (Å²) >= 11 is 0. The Kier molecular flexibility index (Phi) is 3.59. The molecule has 1 aliphatic carbocycles. The number of hydrogen-bond donors (Lipinski definition) is 1. The van der Waals surface area contributed by atoms with Crippen molar-refractivity contribution in [2.24, 2.45) is 11.7 Å². The minimum Gasteiger partial charge on any atom is -0.375 e. The topological polar surface area (TPSA) is 35.2 Å². The molecule has 1 spiro atoms. The molecule has 2 aliphatic rings. The molecule has 2 N–H and O–H groups in total. The third-order valence-corrected chi connectivity index (χ3v) is 4.79. The standard InChI is InChI=1S/C16H22FNO/c17-14-4-2-12(3-5-14)10-15(18)13-6-9-19-16(11-13)7-1-8-16/h2-5,13,15H,1,6-11,18H2. The van der Waals surface area contributed by atoms with E-state index in [0.717, 1.165) is 31.4 Å². The second kappa shape index (κ2) is 5.22. The van der Waals surface area contributed by atoms with Crippen molar-refractivity contribution in [2.45, 2.75) is 50.2 Å². The molecule has 2 atom stereocenters. The van der Waals surface area contributed by atoms with Crippen molar-refractivity contribution in [3.63, 3.8) is 0 Å². The molecule has 0 radical (unpaired) electrons. The fourth-order valence-corrected chi connectivity index (χ4v) is 3.41. The lowest BCUT2D eigenvalue weighted by atomic mass is 9.70. The summed E-state index contributed by atoms with van der Waals surface area (Å²) in [4.78, 5) is 0. The van der Waals surface area contributed by atoms with Crippen LogP contribution in [0, 0.1) is 11.7 Å². The maximum Gasteiger partial charge on any atom is 0.123 e. The van der Waals surface area contributed by atoms with E-state index in [1.54, 1.807) is 0 Å². The van der Waals surface area contributed by atoms with E-state index in [0.29, 0.717) is 5.92 Å². The van der Waals surface area contributed by atoms with Crippen molar-refractivity contribution in [2.75, 3.05) is 6.61 Å². The van der Waals surface area contributed by atoms with E-state index in [4.69, 9.17) is 10.5 Å². The summed E-state index contributed by atoms with van der Waals surface area (Å²) in [5.74, 6) is 0.357. The molecule has 0 aromatic heterocycles. The Balaban J connectivity index is 1.60. The first-order valence-corrected chi connectivity index (χ1v) is 7.31. The molecule has 3 rings (SSSR count). The fourth-order valence-electron chi connectivity index (χ4n) is 3.41. The number of halogens is 1. The SMILES string of the molecule is NC(Cc1ccc(F)cc1)C1CCOC2(CCC2)C1. The number of rotatable bonds is 3. The first-order chi connectivity index (χ1) is 9.17. The van der Waals surface area contributed by atoms with Gasteiger partial charge in [0, 0.05) is 12.6 Å². The monoisotopic (exact) mass is 263 g/mol. The van der Waals surface area contributed by atoms with Gasteiger partial charge in [0.15, 0.2) is 0 Å². The van der Waals surface area contributed by atoms with E-state index < -0.39 is 0 Å². The highest BCUT2D eigenvalue weighted by Gasteiger charge is 2.43. The van der Waals surface area contributed by atoms with E-state index in [-0.39, 0.29) is 17.5 Å². The molecule has 2 fully saturated rings. The van der Waals surface area contributed by atoms with Crippen LogP contribution >= 0.6 is 0 Å². The maximum atomic E-state index is 12.9. The van der Waals surface area contributed by atoms with Crippen LogP contribution in [0.15, 0.2) is 24.3 Å². The predicted molar refractivity (Wildman–Crippen MR) is 73.3 cm³/mol. The lowest BCUT2D eigenvalue weighted by Gasteiger charge is -2.48. The van der Waals surface area contributed by atoms with E-state index in [1.165, 1.54) is 31.4 Å². The van der Waals surface area contributed by atoms with Crippen LogP contribution in [-0.2, 0) is 11.2 Å². The van der Waals surface area contributed by atoms with Crippen molar-refractivity contribution in [1.29, 1.82) is 0 Å². The minimum atomic E-state index is -0.184. The summed E-state index contributed by atoms with van der Waals surface area (Å²) < 4.78 is 18.8. The molecule has 2 nitrogen and oxygen atoms in total. The second-order valence-electron chi connectivity index (χ2n) is 6.13. The molecule has 1 saturated heterocycles. The van der Waals surface area contributed by atoms with Gasteiger partial charge < -0.3 is 10.5 Å². The summed E-state index contributed by atoms with van der Waals surface area (Å²) in [5.41, 5.74) is 7.65. The maximum absolute atomic E-state index is 12.9. The number of hydrogen-bond acceptors (Lipinski definition) is 2. The molecule has 2 unspecified atom stereocenters.